The van der Waals surface area contributed by atoms with Gasteiger partial charge in [-0.1, -0.05) is 20.3 Å². The molecule has 11 heavy (non-hydrogen) atoms. The molecule has 2 unspecified atom stereocenters. The quantitative estimate of drug-likeness (QED) is 0.702. The van der Waals surface area contributed by atoms with E-state index in [4.69, 9.17) is 0 Å². The highest BCUT2D eigenvalue weighted by Gasteiger charge is 2.26. The molecule has 2 atom stereocenters. The van der Waals surface area contributed by atoms with Gasteiger partial charge in [0.1, 0.15) is 0 Å². The number of hydrogen-bond acceptors (Lipinski definition) is 2. The molecule has 0 saturated heterocycles. The van der Waals surface area contributed by atoms with Gasteiger partial charge in [0.25, 0.3) is 0 Å². The molecule has 1 saturated carbocycles. The summed E-state index contributed by atoms with van der Waals surface area (Å²) in [6.45, 7) is 4.57. The minimum Gasteiger partial charge on any atom is -0.316 e. The van der Waals surface area contributed by atoms with Crippen LogP contribution in [0.1, 0.15) is 33.1 Å². The van der Waals surface area contributed by atoms with Gasteiger partial charge in [-0.05, 0) is 25.1 Å². The largest absolute Gasteiger partial charge is 0.316 e. The van der Waals surface area contributed by atoms with Gasteiger partial charge in [0.2, 0.25) is 0 Å². The third-order valence-electron chi connectivity index (χ3n) is 2.27. The summed E-state index contributed by atoms with van der Waals surface area (Å²) in [5.74, 6) is 0. The van der Waals surface area contributed by atoms with E-state index >= 15 is 0 Å². The van der Waals surface area contributed by atoms with Crippen LogP contribution in [-0.2, 0) is 0 Å². The fraction of sp³-hybridized carbons (Fsp3) is 1.00. The maximum atomic E-state index is 3.40. The van der Waals surface area contributed by atoms with Gasteiger partial charge in [0.05, 0.1) is 0 Å². The zero-order valence-corrected chi connectivity index (χ0v) is 8.58. The Morgan fingerprint density at radius 2 is 2.09 bits per heavy atom. The summed E-state index contributed by atoms with van der Waals surface area (Å²) in [6.07, 6.45) is 4.20. The van der Waals surface area contributed by atoms with Gasteiger partial charge in [0.15, 0.2) is 0 Å². The first kappa shape index (κ1) is 9.40. The molecule has 0 aromatic heterocycles. The van der Waals surface area contributed by atoms with E-state index < -0.39 is 0 Å². The van der Waals surface area contributed by atoms with Gasteiger partial charge >= 0.3 is 0 Å². The van der Waals surface area contributed by atoms with Crippen molar-refractivity contribution < 1.29 is 0 Å². The Hall–Kier alpha value is 0.310. The lowest BCUT2D eigenvalue weighted by molar-refractivity contribution is 0.591. The molecule has 0 amide bonds. The molecule has 1 N–H and O–H groups in total. The first-order valence-electron chi connectivity index (χ1n) is 4.56. The van der Waals surface area contributed by atoms with Crippen molar-refractivity contribution in [1.82, 2.24) is 5.32 Å². The molecule has 1 aliphatic rings. The summed E-state index contributed by atoms with van der Waals surface area (Å²) < 4.78 is 0. The van der Waals surface area contributed by atoms with Crippen LogP contribution in [0.3, 0.4) is 0 Å². The second-order valence-electron chi connectivity index (χ2n) is 3.55. The predicted molar refractivity (Wildman–Crippen MR) is 53.2 cm³/mol. The second kappa shape index (κ2) is 4.36. The molecule has 0 aromatic carbocycles. The first-order chi connectivity index (χ1) is 5.24. The topological polar surface area (TPSA) is 12.0 Å². The lowest BCUT2D eigenvalue weighted by atomic mass is 10.2. The predicted octanol–water partition coefficient (Wildman–Crippen LogP) is 2.27. The molecule has 0 aliphatic heterocycles. The maximum absolute atomic E-state index is 3.40. The van der Waals surface area contributed by atoms with Crippen molar-refractivity contribution in [2.45, 2.75) is 49.7 Å². The zero-order valence-electron chi connectivity index (χ0n) is 7.76. The Kier molecular flexibility index (Phi) is 3.73. The maximum Gasteiger partial charge on any atom is 0.0203 e. The number of rotatable bonds is 3. The van der Waals surface area contributed by atoms with Gasteiger partial charge in [0, 0.05) is 11.3 Å². The average molecular weight is 173 g/mol. The molecule has 66 valence electrons. The Balaban J connectivity index is 2.31. The molecule has 0 heterocycles. The summed E-state index contributed by atoms with van der Waals surface area (Å²) in [6, 6.07) is 0.780. The molecule has 0 radical (unpaired) electrons. The van der Waals surface area contributed by atoms with Crippen molar-refractivity contribution >= 4 is 11.8 Å². The Bertz CT molecular complexity index is 114. The molecule has 0 bridgehead atoms. The molecule has 0 spiro atoms. The summed E-state index contributed by atoms with van der Waals surface area (Å²) in [5, 5.41) is 5.06. The minimum absolute atomic E-state index is 0.780. The number of nitrogens with one attached hydrogen (secondary N) is 1. The van der Waals surface area contributed by atoms with E-state index in [1.165, 1.54) is 19.3 Å². The van der Waals surface area contributed by atoms with Crippen LogP contribution in [0.25, 0.3) is 0 Å². The van der Waals surface area contributed by atoms with E-state index in [0.717, 1.165) is 16.5 Å². The first-order valence-corrected chi connectivity index (χ1v) is 5.51. The number of thioether (sulfide) groups is 1. The standard InChI is InChI=1S/C9H19NS/c1-7(2)11-9-6-4-5-8(9)10-3/h7-10H,4-6H2,1-3H3. The highest BCUT2D eigenvalue weighted by atomic mass is 32.2. The molecular formula is C9H19NS. The van der Waals surface area contributed by atoms with Crippen LogP contribution in [-0.4, -0.2) is 23.6 Å². The van der Waals surface area contributed by atoms with Crippen molar-refractivity contribution in [3.63, 3.8) is 0 Å². The van der Waals surface area contributed by atoms with E-state index in [0.29, 0.717) is 0 Å². The van der Waals surface area contributed by atoms with E-state index in [9.17, 15) is 0 Å². The van der Waals surface area contributed by atoms with E-state index in [1.807, 2.05) is 0 Å². The van der Waals surface area contributed by atoms with Crippen molar-refractivity contribution in [2.75, 3.05) is 7.05 Å². The molecular weight excluding hydrogens is 154 g/mol. The van der Waals surface area contributed by atoms with E-state index in [2.05, 4.69) is 38.0 Å². The van der Waals surface area contributed by atoms with Crippen LogP contribution in [0.2, 0.25) is 0 Å². The fourth-order valence-corrected chi connectivity index (χ4v) is 3.23. The van der Waals surface area contributed by atoms with Crippen LogP contribution in [0.5, 0.6) is 0 Å². The molecule has 2 heteroatoms. The lowest BCUT2D eigenvalue weighted by Gasteiger charge is -2.20. The van der Waals surface area contributed by atoms with Crippen LogP contribution in [0.15, 0.2) is 0 Å². The minimum atomic E-state index is 0.780. The molecule has 0 aromatic rings. The summed E-state index contributed by atoms with van der Waals surface area (Å²) in [5.41, 5.74) is 0. The average Bonchev–Trinajstić information content (AvgIpc) is 2.34. The Labute approximate surface area is 74.3 Å². The SMILES string of the molecule is CNC1CCCC1SC(C)C. The van der Waals surface area contributed by atoms with E-state index in [-0.39, 0.29) is 0 Å². The lowest BCUT2D eigenvalue weighted by Crippen LogP contribution is -2.31. The summed E-state index contributed by atoms with van der Waals surface area (Å²) >= 11 is 2.13. The van der Waals surface area contributed by atoms with Crippen LogP contribution in [0.4, 0.5) is 0 Å². The Morgan fingerprint density at radius 1 is 1.36 bits per heavy atom. The molecule has 1 nitrogen and oxygen atoms in total. The molecule has 1 fully saturated rings. The third kappa shape index (κ3) is 2.68. The fourth-order valence-electron chi connectivity index (χ4n) is 1.77. The summed E-state index contributed by atoms with van der Waals surface area (Å²) in [4.78, 5) is 0. The Morgan fingerprint density at radius 3 is 2.64 bits per heavy atom. The monoisotopic (exact) mass is 173 g/mol. The van der Waals surface area contributed by atoms with Gasteiger partial charge in [-0.25, -0.2) is 0 Å². The van der Waals surface area contributed by atoms with Crippen molar-refractivity contribution in [3.8, 4) is 0 Å². The van der Waals surface area contributed by atoms with Crippen molar-refractivity contribution in [2.24, 2.45) is 0 Å². The highest BCUT2D eigenvalue weighted by Crippen LogP contribution is 2.32. The smallest absolute Gasteiger partial charge is 0.0203 e. The van der Waals surface area contributed by atoms with E-state index in [1.54, 1.807) is 0 Å². The van der Waals surface area contributed by atoms with Crippen molar-refractivity contribution in [3.05, 3.63) is 0 Å². The van der Waals surface area contributed by atoms with Crippen LogP contribution < -0.4 is 5.32 Å². The van der Waals surface area contributed by atoms with Gasteiger partial charge < -0.3 is 5.32 Å². The van der Waals surface area contributed by atoms with Crippen molar-refractivity contribution in [1.29, 1.82) is 0 Å². The third-order valence-corrected chi connectivity index (χ3v) is 3.73. The second-order valence-corrected chi connectivity index (χ2v) is 5.37. The summed E-state index contributed by atoms with van der Waals surface area (Å²) in [7, 11) is 2.09. The van der Waals surface area contributed by atoms with Gasteiger partial charge in [-0.2, -0.15) is 11.8 Å². The zero-order chi connectivity index (χ0) is 8.27. The normalized spacial score (nSPS) is 31.6. The highest BCUT2D eigenvalue weighted by molar-refractivity contribution is 8.00. The number of hydrogen-bond donors (Lipinski definition) is 1. The van der Waals surface area contributed by atoms with Gasteiger partial charge in [-0.3, -0.25) is 0 Å². The molecule has 1 aliphatic carbocycles. The van der Waals surface area contributed by atoms with Crippen LogP contribution >= 0.6 is 11.8 Å². The molecule has 1 rings (SSSR count). The van der Waals surface area contributed by atoms with Crippen LogP contribution in [0, 0.1) is 0 Å². The van der Waals surface area contributed by atoms with Gasteiger partial charge in [-0.15, -0.1) is 0 Å².